The molecule has 2 aromatic carbocycles. The number of benzene rings is 2. The lowest BCUT2D eigenvalue weighted by molar-refractivity contribution is -0.137. The van der Waals surface area contributed by atoms with Gasteiger partial charge < -0.3 is 19.1 Å². The van der Waals surface area contributed by atoms with Crippen LogP contribution in [0.15, 0.2) is 54.7 Å². The van der Waals surface area contributed by atoms with Gasteiger partial charge in [0.2, 0.25) is 0 Å². The van der Waals surface area contributed by atoms with Crippen molar-refractivity contribution in [3.63, 3.8) is 0 Å². The summed E-state index contributed by atoms with van der Waals surface area (Å²) >= 11 is 0. The number of hydrogen-bond acceptors (Lipinski definition) is 4. The van der Waals surface area contributed by atoms with Crippen molar-refractivity contribution >= 4 is 22.7 Å². The lowest BCUT2D eigenvalue weighted by atomic mass is 10.0. The summed E-state index contributed by atoms with van der Waals surface area (Å²) in [4.78, 5) is 23.8. The van der Waals surface area contributed by atoms with E-state index in [1.54, 1.807) is 31.4 Å². The van der Waals surface area contributed by atoms with E-state index in [1.807, 2.05) is 35.0 Å². The van der Waals surface area contributed by atoms with Gasteiger partial charge in [-0.05, 0) is 36.8 Å². The molecule has 0 fully saturated rings. The maximum atomic E-state index is 13.0. The molecule has 0 unspecified atom stereocenters. The molecular formula is C21H21NO5. The predicted octanol–water partition coefficient (Wildman–Crippen LogP) is 3.72. The number of nitrogens with zero attached hydrogens (tertiary/aromatic N) is 1. The van der Waals surface area contributed by atoms with Gasteiger partial charge in [0.25, 0.3) is 0 Å². The Morgan fingerprint density at radius 1 is 1.07 bits per heavy atom. The number of aryl methyl sites for hydroxylation is 1. The number of ketones is 1. The first-order chi connectivity index (χ1) is 13.1. The zero-order valence-corrected chi connectivity index (χ0v) is 15.1. The maximum Gasteiger partial charge on any atom is 0.303 e. The second-order valence-electron chi connectivity index (χ2n) is 6.15. The average Bonchev–Trinajstić information content (AvgIpc) is 3.05. The molecule has 0 amide bonds. The van der Waals surface area contributed by atoms with Crippen LogP contribution in [0.3, 0.4) is 0 Å². The smallest absolute Gasteiger partial charge is 0.303 e. The van der Waals surface area contributed by atoms with E-state index in [0.29, 0.717) is 29.8 Å². The van der Waals surface area contributed by atoms with Crippen molar-refractivity contribution in [1.82, 2.24) is 4.57 Å². The molecule has 0 bridgehead atoms. The minimum atomic E-state index is -0.821. The molecule has 0 spiro atoms. The Morgan fingerprint density at radius 3 is 2.52 bits per heavy atom. The summed E-state index contributed by atoms with van der Waals surface area (Å²) in [5.41, 5.74) is 2.09. The van der Waals surface area contributed by atoms with Crippen LogP contribution in [0.25, 0.3) is 10.9 Å². The summed E-state index contributed by atoms with van der Waals surface area (Å²) in [6, 6.07) is 14.6. The molecule has 0 saturated carbocycles. The molecule has 3 rings (SSSR count). The third-order valence-electron chi connectivity index (χ3n) is 4.28. The van der Waals surface area contributed by atoms with Gasteiger partial charge in [-0.2, -0.15) is 0 Å². The van der Waals surface area contributed by atoms with E-state index in [2.05, 4.69) is 0 Å². The lowest BCUT2D eigenvalue weighted by Crippen LogP contribution is -2.03. The van der Waals surface area contributed by atoms with Gasteiger partial charge >= 0.3 is 5.97 Å². The first-order valence-electron chi connectivity index (χ1n) is 8.66. The number of para-hydroxylation sites is 1. The van der Waals surface area contributed by atoms with E-state index in [0.717, 1.165) is 10.9 Å². The van der Waals surface area contributed by atoms with Gasteiger partial charge in [-0.15, -0.1) is 0 Å². The number of carbonyl (C=O) groups is 2. The third kappa shape index (κ3) is 4.35. The van der Waals surface area contributed by atoms with Crippen LogP contribution in [0.4, 0.5) is 0 Å². The maximum absolute atomic E-state index is 13.0. The van der Waals surface area contributed by atoms with Crippen molar-refractivity contribution in [2.75, 3.05) is 13.9 Å². The molecular weight excluding hydrogens is 346 g/mol. The van der Waals surface area contributed by atoms with Crippen molar-refractivity contribution < 1.29 is 24.2 Å². The van der Waals surface area contributed by atoms with Crippen LogP contribution < -0.4 is 4.74 Å². The van der Waals surface area contributed by atoms with Crippen LogP contribution in [-0.2, 0) is 16.1 Å². The zero-order valence-electron chi connectivity index (χ0n) is 15.1. The monoisotopic (exact) mass is 367 g/mol. The van der Waals surface area contributed by atoms with Gasteiger partial charge in [0, 0.05) is 48.3 Å². The largest absolute Gasteiger partial charge is 0.481 e. The van der Waals surface area contributed by atoms with Crippen LogP contribution >= 0.6 is 0 Å². The molecule has 0 saturated heterocycles. The Hall–Kier alpha value is -3.12. The van der Waals surface area contributed by atoms with E-state index in [9.17, 15) is 9.59 Å². The number of ether oxygens (including phenoxy) is 2. The Kier molecular flexibility index (Phi) is 5.88. The summed E-state index contributed by atoms with van der Waals surface area (Å²) in [6.07, 6.45) is 2.41. The second-order valence-corrected chi connectivity index (χ2v) is 6.15. The van der Waals surface area contributed by atoms with Gasteiger partial charge in [0.15, 0.2) is 12.6 Å². The normalized spacial score (nSPS) is 10.9. The molecule has 0 atom stereocenters. The summed E-state index contributed by atoms with van der Waals surface area (Å²) in [5, 5.41) is 9.70. The van der Waals surface area contributed by atoms with E-state index in [4.69, 9.17) is 14.6 Å². The Bertz CT molecular complexity index is 943. The quantitative estimate of drug-likeness (QED) is 0.461. The number of fused-ring (bicyclic) bond motifs is 1. The average molecular weight is 367 g/mol. The first kappa shape index (κ1) is 18.7. The molecule has 0 aliphatic heterocycles. The van der Waals surface area contributed by atoms with Crippen LogP contribution in [0.1, 0.15) is 28.8 Å². The standard InChI is InChI=1S/C21H21NO5/c1-26-14-27-16-10-8-15(9-11-16)21(25)18-13-22(12-4-7-20(23)24)19-6-3-2-5-17(18)19/h2-3,5-6,8-11,13H,4,7,12,14H2,1H3,(H,23,24). The van der Waals surface area contributed by atoms with Gasteiger partial charge in [0.05, 0.1) is 0 Å². The Morgan fingerprint density at radius 2 is 1.81 bits per heavy atom. The number of carbonyl (C=O) groups excluding carboxylic acids is 1. The van der Waals surface area contributed by atoms with E-state index in [1.165, 1.54) is 0 Å². The molecule has 6 nitrogen and oxygen atoms in total. The SMILES string of the molecule is COCOc1ccc(C(=O)c2cn(CCCC(=O)O)c3ccccc23)cc1. The number of rotatable bonds is 9. The van der Waals surface area contributed by atoms with Crippen molar-refractivity contribution in [3.05, 3.63) is 65.9 Å². The number of aliphatic carboxylic acids is 1. The summed E-state index contributed by atoms with van der Waals surface area (Å²) in [5.74, 6) is -0.274. The fraction of sp³-hybridized carbons (Fsp3) is 0.238. The van der Waals surface area contributed by atoms with Crippen LogP contribution in [-0.4, -0.2) is 35.3 Å². The number of hydrogen-bond donors (Lipinski definition) is 1. The zero-order chi connectivity index (χ0) is 19.2. The Balaban J connectivity index is 1.87. The Labute approximate surface area is 156 Å². The molecule has 27 heavy (non-hydrogen) atoms. The molecule has 140 valence electrons. The van der Waals surface area contributed by atoms with E-state index >= 15 is 0 Å². The number of carboxylic acids is 1. The first-order valence-corrected chi connectivity index (χ1v) is 8.66. The van der Waals surface area contributed by atoms with Crippen molar-refractivity contribution in [1.29, 1.82) is 0 Å². The van der Waals surface area contributed by atoms with Gasteiger partial charge in [0.1, 0.15) is 5.75 Å². The molecule has 0 radical (unpaired) electrons. The molecule has 3 aromatic rings. The number of methoxy groups -OCH3 is 1. The summed E-state index contributed by atoms with van der Waals surface area (Å²) in [6.45, 7) is 0.695. The summed E-state index contributed by atoms with van der Waals surface area (Å²) < 4.78 is 12.2. The van der Waals surface area contributed by atoms with Crippen LogP contribution in [0.5, 0.6) is 5.75 Å². The minimum Gasteiger partial charge on any atom is -0.481 e. The molecule has 1 aromatic heterocycles. The second kappa shape index (κ2) is 8.51. The lowest BCUT2D eigenvalue weighted by Gasteiger charge is -2.05. The predicted molar refractivity (Wildman–Crippen MR) is 101 cm³/mol. The van der Waals surface area contributed by atoms with Crippen LogP contribution in [0.2, 0.25) is 0 Å². The summed E-state index contributed by atoms with van der Waals surface area (Å²) in [7, 11) is 1.55. The van der Waals surface area contributed by atoms with Gasteiger partial charge in [-0.3, -0.25) is 9.59 Å². The topological polar surface area (TPSA) is 77.8 Å². The third-order valence-corrected chi connectivity index (χ3v) is 4.28. The molecule has 0 aliphatic carbocycles. The minimum absolute atomic E-state index is 0.0820. The number of carboxylic acid groups (broad SMARTS) is 1. The number of aromatic nitrogens is 1. The van der Waals surface area contributed by atoms with Gasteiger partial charge in [-0.1, -0.05) is 18.2 Å². The molecule has 0 aliphatic rings. The molecule has 6 heteroatoms. The molecule has 1 N–H and O–H groups in total. The van der Waals surface area contributed by atoms with E-state index in [-0.39, 0.29) is 19.0 Å². The van der Waals surface area contributed by atoms with Crippen molar-refractivity contribution in [2.24, 2.45) is 0 Å². The highest BCUT2D eigenvalue weighted by Gasteiger charge is 2.16. The highest BCUT2D eigenvalue weighted by molar-refractivity contribution is 6.16. The highest BCUT2D eigenvalue weighted by Crippen LogP contribution is 2.25. The highest BCUT2D eigenvalue weighted by atomic mass is 16.7. The van der Waals surface area contributed by atoms with E-state index < -0.39 is 5.97 Å². The van der Waals surface area contributed by atoms with Crippen molar-refractivity contribution in [2.45, 2.75) is 19.4 Å². The van der Waals surface area contributed by atoms with Gasteiger partial charge in [-0.25, -0.2) is 0 Å². The fourth-order valence-electron chi connectivity index (χ4n) is 3.00. The van der Waals surface area contributed by atoms with Crippen molar-refractivity contribution in [3.8, 4) is 5.75 Å². The fourth-order valence-corrected chi connectivity index (χ4v) is 3.00. The van der Waals surface area contributed by atoms with Crippen LogP contribution in [0, 0.1) is 0 Å². The molecule has 1 heterocycles.